The number of halogens is 3. The van der Waals surface area contributed by atoms with Gasteiger partial charge in [-0.15, -0.1) is 11.3 Å². The first-order valence-electron chi connectivity index (χ1n) is 14.3. The van der Waals surface area contributed by atoms with Crippen LogP contribution in [0.2, 0.25) is 0 Å². The minimum Gasteiger partial charge on any atom is -0.481 e. The lowest BCUT2D eigenvalue weighted by Gasteiger charge is -2.32. The number of esters is 1. The van der Waals surface area contributed by atoms with Crippen molar-refractivity contribution in [2.24, 2.45) is 16.3 Å². The standard InChI is InChI=1S/C29H34F3N5O6S2/c1-5-43-26(38)22-20(34-24(25-33-9-10-44-25)35-23(22)17-7-6-8-19(30)16(17)2)12-36-14-29(31,32)18-11-37(13-21(18)36)45(41,42)15-28(3,4)27(39)40/h6-10,18,21,23H,5,11-15H2,1-4H3,(H,34,35)(H,39,40)/t18-,21+,23+/m1/s1. The number of carbonyl (C=O) groups excluding carboxylic acids is 1. The van der Waals surface area contributed by atoms with Crippen LogP contribution in [0.5, 0.6) is 0 Å². The van der Waals surface area contributed by atoms with E-state index in [4.69, 9.17) is 9.73 Å². The van der Waals surface area contributed by atoms with Crippen LogP contribution >= 0.6 is 11.3 Å². The van der Waals surface area contributed by atoms with Gasteiger partial charge in [0.2, 0.25) is 10.0 Å². The Kier molecular flexibility index (Phi) is 8.89. The van der Waals surface area contributed by atoms with Crippen molar-refractivity contribution < 1.29 is 41.0 Å². The summed E-state index contributed by atoms with van der Waals surface area (Å²) in [5, 5.41) is 14.7. The molecule has 0 unspecified atom stereocenters. The topological polar surface area (TPSA) is 142 Å². The summed E-state index contributed by atoms with van der Waals surface area (Å²) >= 11 is 1.26. The number of ether oxygens (including phenoxy) is 1. The van der Waals surface area contributed by atoms with Crippen LogP contribution in [-0.2, 0) is 24.3 Å². The molecule has 2 saturated heterocycles. The molecule has 3 aliphatic heterocycles. The molecule has 0 saturated carbocycles. The van der Waals surface area contributed by atoms with Crippen molar-refractivity contribution in [1.82, 2.24) is 19.5 Å². The number of fused-ring (bicyclic) bond motifs is 1. The predicted molar refractivity (Wildman–Crippen MR) is 160 cm³/mol. The van der Waals surface area contributed by atoms with Gasteiger partial charge in [-0.05, 0) is 44.9 Å². The van der Waals surface area contributed by atoms with E-state index in [1.807, 2.05) is 0 Å². The molecule has 11 nitrogen and oxygen atoms in total. The molecule has 16 heteroatoms. The number of carbonyl (C=O) groups is 2. The second-order valence-electron chi connectivity index (χ2n) is 12.0. The Morgan fingerprint density at radius 1 is 1.27 bits per heavy atom. The molecule has 3 atom stereocenters. The Bertz CT molecular complexity index is 1660. The first-order valence-corrected chi connectivity index (χ1v) is 16.8. The van der Waals surface area contributed by atoms with Gasteiger partial charge in [0.15, 0.2) is 10.8 Å². The van der Waals surface area contributed by atoms with Gasteiger partial charge in [-0.2, -0.15) is 4.31 Å². The summed E-state index contributed by atoms with van der Waals surface area (Å²) in [6.45, 7) is 4.03. The summed E-state index contributed by atoms with van der Waals surface area (Å²) in [4.78, 5) is 35.5. The van der Waals surface area contributed by atoms with Gasteiger partial charge >= 0.3 is 11.9 Å². The summed E-state index contributed by atoms with van der Waals surface area (Å²) in [5.41, 5.74) is -0.772. The van der Waals surface area contributed by atoms with Crippen LogP contribution in [-0.4, -0.2) is 96.0 Å². The fraction of sp³-hybridized carbons (Fsp3) is 0.517. The first-order chi connectivity index (χ1) is 21.1. The van der Waals surface area contributed by atoms with Crippen LogP contribution in [0.1, 0.15) is 42.9 Å². The maximum atomic E-state index is 15.5. The van der Waals surface area contributed by atoms with Crippen molar-refractivity contribution in [2.45, 2.75) is 45.7 Å². The highest BCUT2D eigenvalue weighted by Gasteiger charge is 2.60. The monoisotopic (exact) mass is 669 g/mol. The molecule has 2 N–H and O–H groups in total. The highest BCUT2D eigenvalue weighted by molar-refractivity contribution is 7.89. The highest BCUT2D eigenvalue weighted by Crippen LogP contribution is 2.44. The number of benzene rings is 1. The van der Waals surface area contributed by atoms with E-state index in [0.717, 1.165) is 4.31 Å². The third kappa shape index (κ3) is 6.37. The Labute approximate surface area is 262 Å². The number of nitrogens with zero attached hydrogens (tertiary/aromatic N) is 4. The maximum absolute atomic E-state index is 15.5. The van der Waals surface area contributed by atoms with E-state index in [1.165, 1.54) is 42.2 Å². The number of thiazole rings is 1. The number of rotatable bonds is 10. The highest BCUT2D eigenvalue weighted by atomic mass is 32.2. The zero-order valence-electron chi connectivity index (χ0n) is 25.1. The van der Waals surface area contributed by atoms with Crippen molar-refractivity contribution in [2.75, 3.05) is 38.5 Å². The molecule has 0 radical (unpaired) electrons. The summed E-state index contributed by atoms with van der Waals surface area (Å²) in [5.74, 6) is -7.71. The number of likely N-dealkylation sites (tertiary alicyclic amines) is 1. The van der Waals surface area contributed by atoms with Crippen molar-refractivity contribution >= 4 is 39.1 Å². The van der Waals surface area contributed by atoms with E-state index in [-0.39, 0.29) is 42.4 Å². The summed E-state index contributed by atoms with van der Waals surface area (Å²) in [6.07, 6.45) is 1.56. The van der Waals surface area contributed by atoms with Gasteiger partial charge in [0.25, 0.3) is 5.92 Å². The quantitative estimate of drug-likeness (QED) is 0.365. The summed E-state index contributed by atoms with van der Waals surface area (Å²) < 4.78 is 78.4. The normalized spacial score (nSPS) is 23.9. The number of sulfonamides is 1. The minimum atomic E-state index is -4.21. The molecule has 45 heavy (non-hydrogen) atoms. The van der Waals surface area contributed by atoms with Crippen LogP contribution in [0.25, 0.3) is 0 Å². The smallest absolute Gasteiger partial charge is 0.338 e. The third-order valence-corrected chi connectivity index (χ3v) is 11.4. The number of hydrogen-bond acceptors (Lipinski definition) is 10. The number of hydrogen-bond donors (Lipinski definition) is 2. The molecule has 2 aromatic rings. The Morgan fingerprint density at radius 3 is 2.64 bits per heavy atom. The van der Waals surface area contributed by atoms with Gasteiger partial charge in [0, 0.05) is 43.0 Å². The van der Waals surface area contributed by atoms with E-state index in [1.54, 1.807) is 31.5 Å². The van der Waals surface area contributed by atoms with Gasteiger partial charge in [-0.25, -0.2) is 31.4 Å². The fourth-order valence-electron chi connectivity index (χ4n) is 6.02. The number of aliphatic imine (C=N–C) groups is 1. The number of aliphatic carboxylic acids is 1. The van der Waals surface area contributed by atoms with Crippen LogP contribution in [0.3, 0.4) is 0 Å². The van der Waals surface area contributed by atoms with Crippen LogP contribution in [0.4, 0.5) is 13.2 Å². The number of aromatic nitrogens is 1. The van der Waals surface area contributed by atoms with E-state index in [0.29, 0.717) is 10.6 Å². The van der Waals surface area contributed by atoms with Crippen molar-refractivity contribution in [3.05, 3.63) is 63.0 Å². The lowest BCUT2D eigenvalue weighted by molar-refractivity contribution is -0.145. The molecule has 1 aromatic heterocycles. The molecule has 244 valence electrons. The van der Waals surface area contributed by atoms with Crippen LogP contribution in [0, 0.1) is 24.1 Å². The molecular formula is C29H34F3N5O6S2. The van der Waals surface area contributed by atoms with Crippen molar-refractivity contribution in [1.29, 1.82) is 0 Å². The Balaban J connectivity index is 1.54. The van der Waals surface area contributed by atoms with Gasteiger partial charge in [0.05, 0.1) is 35.8 Å². The molecule has 4 heterocycles. The van der Waals surface area contributed by atoms with E-state index in [9.17, 15) is 27.5 Å². The Hall–Kier alpha value is -3.34. The van der Waals surface area contributed by atoms with Gasteiger partial charge in [-0.1, -0.05) is 12.1 Å². The molecular weight excluding hydrogens is 635 g/mol. The Morgan fingerprint density at radius 2 is 2.00 bits per heavy atom. The average molecular weight is 670 g/mol. The summed E-state index contributed by atoms with van der Waals surface area (Å²) in [6, 6.07) is 2.42. The molecule has 1 aromatic carbocycles. The molecule has 3 aliphatic rings. The van der Waals surface area contributed by atoms with Crippen molar-refractivity contribution in [3.63, 3.8) is 0 Å². The molecule has 2 fully saturated rings. The molecule has 0 amide bonds. The van der Waals surface area contributed by atoms with Crippen LogP contribution < -0.4 is 5.32 Å². The lowest BCUT2D eigenvalue weighted by Crippen LogP contribution is -2.45. The zero-order valence-corrected chi connectivity index (χ0v) is 26.7. The zero-order chi connectivity index (χ0) is 32.9. The number of alkyl halides is 2. The van der Waals surface area contributed by atoms with E-state index >= 15 is 8.78 Å². The second kappa shape index (κ2) is 12.1. The largest absolute Gasteiger partial charge is 0.481 e. The van der Waals surface area contributed by atoms with Crippen molar-refractivity contribution in [3.8, 4) is 0 Å². The number of amidine groups is 1. The summed E-state index contributed by atoms with van der Waals surface area (Å²) in [7, 11) is -4.21. The van der Waals surface area contributed by atoms with Gasteiger partial charge in [0.1, 0.15) is 11.9 Å². The van der Waals surface area contributed by atoms with E-state index in [2.05, 4.69) is 10.3 Å². The molecule has 5 rings (SSSR count). The molecule has 0 bridgehead atoms. The van der Waals surface area contributed by atoms with Gasteiger partial charge in [-0.3, -0.25) is 14.7 Å². The molecule has 0 aliphatic carbocycles. The predicted octanol–water partition coefficient (Wildman–Crippen LogP) is 3.19. The minimum absolute atomic E-state index is 0.0134. The SMILES string of the molecule is CCOC(=O)C1=C(CN2CC(F)(F)[C@@H]3CN(S(=O)(=O)CC(C)(C)C(=O)O)C[C@@H]32)NC(c2nccs2)=N[C@H]1c1cccc(F)c1C. The molecule has 0 spiro atoms. The average Bonchev–Trinajstić information content (AvgIpc) is 3.69. The second-order valence-corrected chi connectivity index (χ2v) is 14.9. The van der Waals surface area contributed by atoms with Gasteiger partial charge < -0.3 is 15.2 Å². The number of nitrogens with one attached hydrogen (secondary N) is 1. The maximum Gasteiger partial charge on any atom is 0.338 e. The van der Waals surface area contributed by atoms with E-state index < -0.39 is 76.0 Å². The van der Waals surface area contributed by atoms with Crippen LogP contribution in [0.15, 0.2) is 46.0 Å². The lowest BCUT2D eigenvalue weighted by atomic mass is 9.92. The fourth-order valence-corrected chi connectivity index (χ4v) is 8.59. The number of carboxylic acids is 1. The number of carboxylic acid groups (broad SMARTS) is 1. The third-order valence-electron chi connectivity index (χ3n) is 8.42. The first kappa shape index (κ1) is 33.0.